The smallest absolute Gasteiger partial charge is 0.254 e. The lowest BCUT2D eigenvalue weighted by Gasteiger charge is -2.37. The summed E-state index contributed by atoms with van der Waals surface area (Å²) in [6, 6.07) is 5.49. The molecular weight excluding hydrogens is 308 g/mol. The van der Waals surface area contributed by atoms with Gasteiger partial charge in [-0.25, -0.2) is 9.97 Å². The van der Waals surface area contributed by atoms with Crippen LogP contribution in [0, 0.1) is 0 Å². The van der Waals surface area contributed by atoms with Crippen LogP contribution in [0.15, 0.2) is 36.8 Å². The summed E-state index contributed by atoms with van der Waals surface area (Å²) in [6.07, 6.45) is 6.55. The quantitative estimate of drug-likeness (QED) is 0.856. The Balaban J connectivity index is 1.72. The highest BCUT2D eigenvalue weighted by Gasteiger charge is 2.33. The third kappa shape index (κ3) is 3.74. The Hall–Kier alpha value is -2.38. The van der Waals surface area contributed by atoms with Gasteiger partial charge < -0.3 is 15.2 Å². The zero-order chi connectivity index (χ0) is 16.8. The van der Waals surface area contributed by atoms with Gasteiger partial charge in [0.25, 0.3) is 5.91 Å². The normalized spacial score (nSPS) is 16.5. The Kier molecular flexibility index (Phi) is 5.12. The third-order valence-electron chi connectivity index (χ3n) is 4.23. The Morgan fingerprint density at radius 2 is 1.96 bits per heavy atom. The van der Waals surface area contributed by atoms with E-state index in [1.54, 1.807) is 6.20 Å². The van der Waals surface area contributed by atoms with Gasteiger partial charge in [-0.3, -0.25) is 9.78 Å². The van der Waals surface area contributed by atoms with Crippen LogP contribution in [-0.4, -0.2) is 51.3 Å². The molecule has 1 saturated heterocycles. The molecule has 1 aliphatic rings. The molecule has 2 N–H and O–H groups in total. The number of aliphatic hydroxyl groups is 1. The number of carbonyl (C=O) groups excluding carboxylic acids is 1. The van der Waals surface area contributed by atoms with E-state index in [0.29, 0.717) is 49.6 Å². The summed E-state index contributed by atoms with van der Waals surface area (Å²) < 4.78 is 5.36. The number of amides is 1. The number of nitrogens with one attached hydrogen (secondary N) is 1. The second-order valence-corrected chi connectivity index (χ2v) is 5.83. The van der Waals surface area contributed by atoms with E-state index in [-0.39, 0.29) is 12.5 Å². The standard InChI is InChI=1S/C17H20N4O3/c22-8-4-17(5-9-24-10-6-17)21-16(23)13-11-19-15(20-12-13)14-3-1-2-7-18-14/h1-3,7,11-12,22H,4-6,8-10H2,(H,21,23). The molecule has 1 amide bonds. The molecule has 0 spiro atoms. The zero-order valence-electron chi connectivity index (χ0n) is 13.3. The third-order valence-corrected chi connectivity index (χ3v) is 4.23. The number of carbonyl (C=O) groups is 1. The van der Waals surface area contributed by atoms with E-state index >= 15 is 0 Å². The monoisotopic (exact) mass is 328 g/mol. The Morgan fingerprint density at radius 3 is 2.58 bits per heavy atom. The summed E-state index contributed by atoms with van der Waals surface area (Å²) >= 11 is 0. The average Bonchev–Trinajstić information content (AvgIpc) is 2.63. The summed E-state index contributed by atoms with van der Waals surface area (Å²) in [5.41, 5.74) is 0.619. The summed E-state index contributed by atoms with van der Waals surface area (Å²) in [6.45, 7) is 1.18. The van der Waals surface area contributed by atoms with Crippen molar-refractivity contribution in [2.75, 3.05) is 19.8 Å². The van der Waals surface area contributed by atoms with E-state index in [0.717, 1.165) is 0 Å². The van der Waals surface area contributed by atoms with Crippen LogP contribution in [0.5, 0.6) is 0 Å². The molecule has 0 saturated carbocycles. The molecule has 7 nitrogen and oxygen atoms in total. The molecule has 0 aromatic carbocycles. The van der Waals surface area contributed by atoms with Gasteiger partial charge in [-0.1, -0.05) is 6.07 Å². The fourth-order valence-electron chi connectivity index (χ4n) is 2.80. The first-order chi connectivity index (χ1) is 11.7. The maximum atomic E-state index is 12.5. The molecule has 1 fully saturated rings. The molecule has 2 aromatic heterocycles. The lowest BCUT2D eigenvalue weighted by Crippen LogP contribution is -2.52. The fraction of sp³-hybridized carbons (Fsp3) is 0.412. The largest absolute Gasteiger partial charge is 0.396 e. The molecule has 0 bridgehead atoms. The average molecular weight is 328 g/mol. The molecule has 1 aliphatic heterocycles. The maximum Gasteiger partial charge on any atom is 0.254 e. The molecule has 2 aromatic rings. The topological polar surface area (TPSA) is 97.2 Å². The molecule has 0 atom stereocenters. The lowest BCUT2D eigenvalue weighted by atomic mass is 9.86. The minimum absolute atomic E-state index is 0.0232. The SMILES string of the molecule is O=C(NC1(CCO)CCOCC1)c1cnc(-c2ccccn2)nc1. The Bertz CT molecular complexity index is 664. The van der Waals surface area contributed by atoms with Crippen LogP contribution in [-0.2, 0) is 4.74 Å². The first-order valence-corrected chi connectivity index (χ1v) is 7.97. The van der Waals surface area contributed by atoms with Crippen LogP contribution in [0.4, 0.5) is 0 Å². The van der Waals surface area contributed by atoms with E-state index in [4.69, 9.17) is 4.74 Å². The number of aromatic nitrogens is 3. The van der Waals surface area contributed by atoms with Crippen molar-refractivity contribution < 1.29 is 14.6 Å². The number of rotatable bonds is 5. The van der Waals surface area contributed by atoms with E-state index in [1.165, 1.54) is 12.4 Å². The number of hydrogen-bond acceptors (Lipinski definition) is 6. The lowest BCUT2D eigenvalue weighted by molar-refractivity contribution is 0.0267. The van der Waals surface area contributed by atoms with Crippen LogP contribution < -0.4 is 5.32 Å². The molecular formula is C17H20N4O3. The van der Waals surface area contributed by atoms with Crippen molar-refractivity contribution in [2.24, 2.45) is 0 Å². The number of aliphatic hydroxyl groups excluding tert-OH is 1. The van der Waals surface area contributed by atoms with E-state index in [9.17, 15) is 9.90 Å². The molecule has 3 heterocycles. The second-order valence-electron chi connectivity index (χ2n) is 5.83. The fourth-order valence-corrected chi connectivity index (χ4v) is 2.80. The summed E-state index contributed by atoms with van der Waals surface area (Å²) in [5, 5.41) is 12.3. The predicted molar refractivity (Wildman–Crippen MR) is 87.2 cm³/mol. The van der Waals surface area contributed by atoms with Gasteiger partial charge in [-0.05, 0) is 31.4 Å². The van der Waals surface area contributed by atoms with E-state index in [2.05, 4.69) is 20.3 Å². The minimum atomic E-state index is -0.427. The van der Waals surface area contributed by atoms with Crippen LogP contribution in [0.25, 0.3) is 11.5 Å². The number of nitrogens with zero attached hydrogens (tertiary/aromatic N) is 3. The molecule has 0 radical (unpaired) electrons. The Labute approximate surface area is 140 Å². The molecule has 24 heavy (non-hydrogen) atoms. The van der Waals surface area contributed by atoms with E-state index in [1.807, 2.05) is 18.2 Å². The van der Waals surface area contributed by atoms with Crippen molar-refractivity contribution in [3.63, 3.8) is 0 Å². The summed E-state index contributed by atoms with van der Waals surface area (Å²) in [5.74, 6) is 0.237. The van der Waals surface area contributed by atoms with Crippen molar-refractivity contribution in [2.45, 2.75) is 24.8 Å². The summed E-state index contributed by atoms with van der Waals surface area (Å²) in [4.78, 5) is 25.1. The molecule has 0 unspecified atom stereocenters. The van der Waals surface area contributed by atoms with E-state index < -0.39 is 5.54 Å². The van der Waals surface area contributed by atoms with Gasteiger partial charge in [0, 0.05) is 44.0 Å². The van der Waals surface area contributed by atoms with Crippen molar-refractivity contribution in [3.05, 3.63) is 42.4 Å². The van der Waals surface area contributed by atoms with Crippen LogP contribution in [0.1, 0.15) is 29.6 Å². The maximum absolute atomic E-state index is 12.5. The predicted octanol–water partition coefficient (Wildman–Crippen LogP) is 1.20. The number of hydrogen-bond donors (Lipinski definition) is 2. The highest BCUT2D eigenvalue weighted by Crippen LogP contribution is 2.24. The van der Waals surface area contributed by atoms with Gasteiger partial charge in [0.2, 0.25) is 0 Å². The van der Waals surface area contributed by atoms with Gasteiger partial charge in [-0.15, -0.1) is 0 Å². The summed E-state index contributed by atoms with van der Waals surface area (Å²) in [7, 11) is 0. The van der Waals surface area contributed by atoms with Gasteiger partial charge >= 0.3 is 0 Å². The molecule has 7 heteroatoms. The van der Waals surface area contributed by atoms with Gasteiger partial charge in [0.1, 0.15) is 5.69 Å². The number of pyridine rings is 1. The van der Waals surface area contributed by atoms with Gasteiger partial charge in [0.15, 0.2) is 5.82 Å². The van der Waals surface area contributed by atoms with Crippen molar-refractivity contribution in [3.8, 4) is 11.5 Å². The van der Waals surface area contributed by atoms with Crippen molar-refractivity contribution in [1.82, 2.24) is 20.3 Å². The minimum Gasteiger partial charge on any atom is -0.396 e. The van der Waals surface area contributed by atoms with Crippen molar-refractivity contribution in [1.29, 1.82) is 0 Å². The second kappa shape index (κ2) is 7.46. The Morgan fingerprint density at radius 1 is 1.21 bits per heavy atom. The zero-order valence-corrected chi connectivity index (χ0v) is 13.3. The van der Waals surface area contributed by atoms with Crippen LogP contribution in [0.2, 0.25) is 0 Å². The van der Waals surface area contributed by atoms with Crippen molar-refractivity contribution >= 4 is 5.91 Å². The first kappa shape index (κ1) is 16.5. The molecule has 0 aliphatic carbocycles. The van der Waals surface area contributed by atoms with Crippen LogP contribution in [0.3, 0.4) is 0 Å². The van der Waals surface area contributed by atoms with Gasteiger partial charge in [-0.2, -0.15) is 0 Å². The van der Waals surface area contributed by atoms with Gasteiger partial charge in [0.05, 0.1) is 5.56 Å². The highest BCUT2D eigenvalue weighted by molar-refractivity contribution is 5.94. The number of ether oxygens (including phenoxy) is 1. The molecule has 3 rings (SSSR count). The highest BCUT2D eigenvalue weighted by atomic mass is 16.5. The first-order valence-electron chi connectivity index (χ1n) is 7.97. The van der Waals surface area contributed by atoms with Crippen LogP contribution >= 0.6 is 0 Å². The molecule has 126 valence electrons.